The number of amides is 1. The lowest BCUT2D eigenvalue weighted by molar-refractivity contribution is 0.0950. The molecule has 0 fully saturated rings. The predicted molar refractivity (Wildman–Crippen MR) is 101 cm³/mol. The third kappa shape index (κ3) is 3.52. The standard InChI is InChI=1S/C21H19F3N2O2/c1-3-9-26-12(2)17(18-15(23)7-8-16(24)19(18)21(26)28)20(27)25-11-13-5-4-6-14(22)10-13/h4-8,10H,3,9,11H2,1-2H3,(H,25,27). The molecule has 1 heterocycles. The van der Waals surface area contributed by atoms with Gasteiger partial charge in [-0.15, -0.1) is 0 Å². The molecule has 7 heteroatoms. The summed E-state index contributed by atoms with van der Waals surface area (Å²) in [7, 11) is 0. The molecule has 0 unspecified atom stereocenters. The number of halogens is 3. The van der Waals surface area contributed by atoms with Gasteiger partial charge < -0.3 is 9.88 Å². The minimum atomic E-state index is -0.884. The van der Waals surface area contributed by atoms with Gasteiger partial charge in [0, 0.05) is 24.2 Å². The van der Waals surface area contributed by atoms with Crippen molar-refractivity contribution in [3.05, 3.63) is 81.0 Å². The van der Waals surface area contributed by atoms with Gasteiger partial charge in [0.1, 0.15) is 17.5 Å². The van der Waals surface area contributed by atoms with Crippen molar-refractivity contribution in [2.45, 2.75) is 33.4 Å². The second-order valence-corrected chi connectivity index (χ2v) is 6.51. The van der Waals surface area contributed by atoms with E-state index in [1.807, 2.05) is 6.92 Å². The molecule has 1 N–H and O–H groups in total. The van der Waals surface area contributed by atoms with Gasteiger partial charge in [-0.2, -0.15) is 0 Å². The van der Waals surface area contributed by atoms with E-state index in [-0.39, 0.29) is 29.7 Å². The van der Waals surface area contributed by atoms with Crippen LogP contribution in [0.1, 0.15) is 35.0 Å². The molecular formula is C21H19F3N2O2. The number of pyridine rings is 1. The number of nitrogens with one attached hydrogen (secondary N) is 1. The molecule has 0 radical (unpaired) electrons. The van der Waals surface area contributed by atoms with Crippen LogP contribution in [0.2, 0.25) is 0 Å². The van der Waals surface area contributed by atoms with E-state index in [0.29, 0.717) is 12.0 Å². The molecule has 3 rings (SSSR count). The monoisotopic (exact) mass is 388 g/mol. The van der Waals surface area contributed by atoms with Crippen LogP contribution in [0.15, 0.2) is 41.2 Å². The maximum Gasteiger partial charge on any atom is 0.261 e. The SMILES string of the molecule is CCCn1c(C)c(C(=O)NCc2cccc(F)c2)c2c(F)ccc(F)c2c1=O. The van der Waals surface area contributed by atoms with Crippen molar-refractivity contribution < 1.29 is 18.0 Å². The number of hydrogen-bond donors (Lipinski definition) is 1. The zero-order valence-electron chi connectivity index (χ0n) is 15.5. The summed E-state index contributed by atoms with van der Waals surface area (Å²) in [4.78, 5) is 25.5. The quantitative estimate of drug-likeness (QED) is 0.717. The fourth-order valence-electron chi connectivity index (χ4n) is 3.30. The third-order valence-corrected chi connectivity index (χ3v) is 4.60. The van der Waals surface area contributed by atoms with Crippen LogP contribution in [-0.4, -0.2) is 10.5 Å². The van der Waals surface area contributed by atoms with Crippen molar-refractivity contribution in [1.82, 2.24) is 9.88 Å². The summed E-state index contributed by atoms with van der Waals surface area (Å²) >= 11 is 0. The van der Waals surface area contributed by atoms with Crippen molar-refractivity contribution >= 4 is 16.7 Å². The summed E-state index contributed by atoms with van der Waals surface area (Å²) in [5, 5.41) is 1.81. The number of carbonyl (C=O) groups excluding carboxylic acids is 1. The highest BCUT2D eigenvalue weighted by Gasteiger charge is 2.23. The number of hydrogen-bond acceptors (Lipinski definition) is 2. The van der Waals surface area contributed by atoms with Gasteiger partial charge in [0.05, 0.1) is 10.9 Å². The molecule has 0 aliphatic rings. The second-order valence-electron chi connectivity index (χ2n) is 6.51. The van der Waals surface area contributed by atoms with Gasteiger partial charge in [0.15, 0.2) is 0 Å². The summed E-state index contributed by atoms with van der Waals surface area (Å²) < 4.78 is 43.5. The largest absolute Gasteiger partial charge is 0.348 e. The van der Waals surface area contributed by atoms with Crippen LogP contribution >= 0.6 is 0 Å². The molecule has 0 saturated carbocycles. The predicted octanol–water partition coefficient (Wildman–Crippen LogP) is 4.07. The van der Waals surface area contributed by atoms with E-state index >= 15 is 0 Å². The zero-order chi connectivity index (χ0) is 20.4. The zero-order valence-corrected chi connectivity index (χ0v) is 15.5. The molecule has 146 valence electrons. The summed E-state index contributed by atoms with van der Waals surface area (Å²) in [6.45, 7) is 3.63. The van der Waals surface area contributed by atoms with Crippen molar-refractivity contribution in [2.75, 3.05) is 0 Å². The lowest BCUT2D eigenvalue weighted by Gasteiger charge is -2.17. The molecular weight excluding hydrogens is 369 g/mol. The molecule has 0 aliphatic carbocycles. The highest BCUT2D eigenvalue weighted by Crippen LogP contribution is 2.25. The Morgan fingerprint density at radius 1 is 1.07 bits per heavy atom. The highest BCUT2D eigenvalue weighted by atomic mass is 19.1. The molecule has 0 aliphatic heterocycles. The van der Waals surface area contributed by atoms with Crippen molar-refractivity contribution in [1.29, 1.82) is 0 Å². The van der Waals surface area contributed by atoms with Gasteiger partial charge >= 0.3 is 0 Å². The molecule has 0 atom stereocenters. The van der Waals surface area contributed by atoms with Crippen molar-refractivity contribution in [3.63, 3.8) is 0 Å². The fourth-order valence-corrected chi connectivity index (χ4v) is 3.30. The number of carbonyl (C=O) groups is 1. The first-order valence-electron chi connectivity index (χ1n) is 8.88. The minimum absolute atomic E-state index is 0.00135. The highest BCUT2D eigenvalue weighted by molar-refractivity contribution is 6.08. The Bertz CT molecular complexity index is 1120. The Morgan fingerprint density at radius 2 is 1.75 bits per heavy atom. The van der Waals surface area contributed by atoms with E-state index in [9.17, 15) is 22.8 Å². The molecule has 3 aromatic rings. The number of nitrogens with zero attached hydrogens (tertiary/aromatic N) is 1. The Balaban J connectivity index is 2.14. The van der Waals surface area contributed by atoms with Crippen LogP contribution in [-0.2, 0) is 13.1 Å². The first-order chi connectivity index (χ1) is 13.3. The molecule has 0 saturated heterocycles. The maximum atomic E-state index is 14.5. The number of fused-ring (bicyclic) bond motifs is 1. The number of rotatable bonds is 5. The van der Waals surface area contributed by atoms with Crippen LogP contribution in [0, 0.1) is 24.4 Å². The average Bonchev–Trinajstić information content (AvgIpc) is 2.66. The smallest absolute Gasteiger partial charge is 0.261 e. The summed E-state index contributed by atoms with van der Waals surface area (Å²) in [5.41, 5.74) is -0.00563. The van der Waals surface area contributed by atoms with Gasteiger partial charge in [-0.25, -0.2) is 13.2 Å². The second kappa shape index (κ2) is 7.88. The summed E-state index contributed by atoms with van der Waals surface area (Å²) in [6.07, 6.45) is 0.577. The van der Waals surface area contributed by atoms with Gasteiger partial charge in [0.2, 0.25) is 0 Å². The Labute approximate surface area is 159 Å². The molecule has 1 aromatic heterocycles. The van der Waals surface area contributed by atoms with Crippen LogP contribution in [0.4, 0.5) is 13.2 Å². The van der Waals surface area contributed by atoms with E-state index < -0.39 is 34.3 Å². The van der Waals surface area contributed by atoms with Gasteiger partial charge in [-0.1, -0.05) is 19.1 Å². The van der Waals surface area contributed by atoms with E-state index in [2.05, 4.69) is 5.32 Å². The summed E-state index contributed by atoms with van der Waals surface area (Å²) in [5.74, 6) is -2.85. The Hall–Kier alpha value is -3.09. The third-order valence-electron chi connectivity index (χ3n) is 4.60. The van der Waals surface area contributed by atoms with Crippen molar-refractivity contribution in [3.8, 4) is 0 Å². The fraction of sp³-hybridized carbons (Fsp3) is 0.238. The average molecular weight is 388 g/mol. The molecule has 4 nitrogen and oxygen atoms in total. The van der Waals surface area contributed by atoms with E-state index in [4.69, 9.17) is 0 Å². The number of aromatic nitrogens is 1. The van der Waals surface area contributed by atoms with Gasteiger partial charge in [-0.3, -0.25) is 9.59 Å². The molecule has 2 aromatic carbocycles. The molecule has 0 spiro atoms. The Kier molecular flexibility index (Phi) is 5.53. The topological polar surface area (TPSA) is 51.1 Å². The van der Waals surface area contributed by atoms with Crippen LogP contribution < -0.4 is 10.9 Å². The van der Waals surface area contributed by atoms with E-state index in [1.54, 1.807) is 6.07 Å². The minimum Gasteiger partial charge on any atom is -0.348 e. The lowest BCUT2D eigenvalue weighted by atomic mass is 10.0. The normalized spacial score (nSPS) is 11.0. The lowest BCUT2D eigenvalue weighted by Crippen LogP contribution is -2.31. The van der Waals surface area contributed by atoms with Crippen molar-refractivity contribution in [2.24, 2.45) is 0 Å². The Morgan fingerprint density at radius 3 is 2.39 bits per heavy atom. The van der Waals surface area contributed by atoms with Gasteiger partial charge in [-0.05, 0) is 43.2 Å². The summed E-state index contributed by atoms with van der Waals surface area (Å²) in [6, 6.07) is 7.45. The van der Waals surface area contributed by atoms with Crippen LogP contribution in [0.3, 0.4) is 0 Å². The molecule has 28 heavy (non-hydrogen) atoms. The van der Waals surface area contributed by atoms with Gasteiger partial charge in [0.25, 0.3) is 11.5 Å². The van der Waals surface area contributed by atoms with E-state index in [1.165, 1.54) is 29.7 Å². The van der Waals surface area contributed by atoms with Crippen LogP contribution in [0.5, 0.6) is 0 Å². The maximum absolute atomic E-state index is 14.5. The molecule has 1 amide bonds. The van der Waals surface area contributed by atoms with Crippen LogP contribution in [0.25, 0.3) is 10.8 Å². The first kappa shape index (κ1) is 19.7. The first-order valence-corrected chi connectivity index (χ1v) is 8.88. The molecule has 0 bridgehead atoms. The number of benzene rings is 2. The van der Waals surface area contributed by atoms with E-state index in [0.717, 1.165) is 12.1 Å².